The average Bonchev–Trinajstić information content (AvgIpc) is 3.21. The zero-order valence-corrected chi connectivity index (χ0v) is 16.7. The molecule has 0 spiro atoms. The smallest absolute Gasteiger partial charge is 0.266 e. The predicted octanol–water partition coefficient (Wildman–Crippen LogP) is 1.66. The second-order valence-electron chi connectivity index (χ2n) is 7.63. The molecule has 5 rings (SSSR count). The van der Waals surface area contributed by atoms with Crippen molar-refractivity contribution in [3.05, 3.63) is 70.7 Å². The summed E-state index contributed by atoms with van der Waals surface area (Å²) < 4.78 is 3.26. The van der Waals surface area contributed by atoms with E-state index >= 15 is 0 Å². The van der Waals surface area contributed by atoms with E-state index in [0.29, 0.717) is 5.92 Å². The highest BCUT2D eigenvalue weighted by Gasteiger charge is 2.25. The van der Waals surface area contributed by atoms with Gasteiger partial charge in [0.1, 0.15) is 0 Å². The topological polar surface area (TPSA) is 94.1 Å². The standard InChI is InChI=1S/C21H22N8O/c1-27-20(30)7-4-17(25-27)14-28-11-8-15(9-12-28)21-24-23-19-6-5-18(26-29(19)21)16-3-2-10-22-13-16/h2-7,10,13,15H,8-9,11-12,14H2,1H3. The van der Waals surface area contributed by atoms with Crippen LogP contribution in [0.3, 0.4) is 0 Å². The molecule has 0 saturated carbocycles. The molecule has 1 saturated heterocycles. The quantitative estimate of drug-likeness (QED) is 0.512. The normalized spacial score (nSPS) is 15.6. The van der Waals surface area contributed by atoms with Crippen LogP contribution in [0.5, 0.6) is 0 Å². The summed E-state index contributed by atoms with van der Waals surface area (Å²) in [5.74, 6) is 1.22. The van der Waals surface area contributed by atoms with E-state index < -0.39 is 0 Å². The average molecular weight is 402 g/mol. The summed E-state index contributed by atoms with van der Waals surface area (Å²) in [4.78, 5) is 18.1. The van der Waals surface area contributed by atoms with Crippen LogP contribution < -0.4 is 5.56 Å². The molecule has 0 bridgehead atoms. The molecule has 9 nitrogen and oxygen atoms in total. The van der Waals surface area contributed by atoms with Crippen LogP contribution in [0, 0.1) is 0 Å². The van der Waals surface area contributed by atoms with E-state index in [4.69, 9.17) is 5.10 Å². The van der Waals surface area contributed by atoms with E-state index in [2.05, 4.69) is 25.2 Å². The number of nitrogens with zero attached hydrogens (tertiary/aromatic N) is 8. The Hall–Kier alpha value is -3.46. The van der Waals surface area contributed by atoms with Crippen LogP contribution in [0.1, 0.15) is 30.3 Å². The lowest BCUT2D eigenvalue weighted by atomic mass is 9.96. The van der Waals surface area contributed by atoms with Crippen molar-refractivity contribution >= 4 is 5.65 Å². The van der Waals surface area contributed by atoms with Gasteiger partial charge in [-0.25, -0.2) is 4.68 Å². The van der Waals surface area contributed by atoms with Crippen molar-refractivity contribution in [2.24, 2.45) is 7.05 Å². The van der Waals surface area contributed by atoms with Crippen LogP contribution in [-0.2, 0) is 13.6 Å². The van der Waals surface area contributed by atoms with Gasteiger partial charge in [-0.05, 0) is 56.3 Å². The second kappa shape index (κ2) is 7.75. The summed E-state index contributed by atoms with van der Waals surface area (Å²) in [6, 6.07) is 11.2. The molecule has 152 valence electrons. The van der Waals surface area contributed by atoms with Gasteiger partial charge >= 0.3 is 0 Å². The molecular formula is C21H22N8O. The molecule has 0 N–H and O–H groups in total. The Kier molecular flexibility index (Phi) is 4.80. The number of piperidine rings is 1. The summed E-state index contributed by atoms with van der Waals surface area (Å²) in [5, 5.41) is 17.9. The molecular weight excluding hydrogens is 380 g/mol. The first-order chi connectivity index (χ1) is 14.7. The van der Waals surface area contributed by atoms with Crippen LogP contribution in [0.4, 0.5) is 0 Å². The maximum atomic E-state index is 11.5. The number of rotatable bonds is 4. The minimum absolute atomic E-state index is 0.0886. The summed E-state index contributed by atoms with van der Waals surface area (Å²) in [5.41, 5.74) is 3.41. The van der Waals surface area contributed by atoms with Gasteiger partial charge in [0, 0.05) is 43.5 Å². The molecule has 0 amide bonds. The Labute approximate surface area is 173 Å². The number of aromatic nitrogens is 7. The second-order valence-corrected chi connectivity index (χ2v) is 7.63. The van der Waals surface area contributed by atoms with Crippen molar-refractivity contribution in [3.63, 3.8) is 0 Å². The first-order valence-electron chi connectivity index (χ1n) is 10.1. The highest BCUT2D eigenvalue weighted by molar-refractivity contribution is 5.58. The maximum Gasteiger partial charge on any atom is 0.266 e. The van der Waals surface area contributed by atoms with E-state index in [1.165, 1.54) is 4.68 Å². The molecule has 0 atom stereocenters. The molecule has 1 aliphatic rings. The molecule has 30 heavy (non-hydrogen) atoms. The van der Waals surface area contributed by atoms with E-state index in [1.807, 2.05) is 41.0 Å². The van der Waals surface area contributed by atoms with E-state index in [9.17, 15) is 4.79 Å². The van der Waals surface area contributed by atoms with E-state index in [0.717, 1.165) is 60.9 Å². The molecule has 1 fully saturated rings. The van der Waals surface area contributed by atoms with Crippen molar-refractivity contribution in [3.8, 4) is 11.3 Å². The zero-order valence-electron chi connectivity index (χ0n) is 16.7. The first-order valence-corrected chi connectivity index (χ1v) is 10.1. The van der Waals surface area contributed by atoms with Gasteiger partial charge in [-0.2, -0.15) is 14.7 Å². The van der Waals surface area contributed by atoms with Crippen LogP contribution in [0.2, 0.25) is 0 Å². The van der Waals surface area contributed by atoms with Gasteiger partial charge in [0.25, 0.3) is 5.56 Å². The SMILES string of the molecule is Cn1nc(CN2CCC(c3nnc4ccc(-c5cccnc5)nn34)CC2)ccc1=O. The number of aryl methyl sites for hydroxylation is 1. The Morgan fingerprint density at radius 3 is 2.67 bits per heavy atom. The highest BCUT2D eigenvalue weighted by atomic mass is 16.1. The van der Waals surface area contributed by atoms with Crippen LogP contribution in [0.15, 0.2) is 53.6 Å². The summed E-state index contributed by atoms with van der Waals surface area (Å²) in [6.45, 7) is 2.61. The largest absolute Gasteiger partial charge is 0.297 e. The molecule has 0 radical (unpaired) electrons. The van der Waals surface area contributed by atoms with Gasteiger partial charge in [0.15, 0.2) is 11.5 Å². The molecule has 0 unspecified atom stereocenters. The Bertz CT molecular complexity index is 1220. The van der Waals surface area contributed by atoms with Crippen LogP contribution in [0.25, 0.3) is 16.9 Å². The highest BCUT2D eigenvalue weighted by Crippen LogP contribution is 2.28. The Morgan fingerprint density at radius 1 is 1.03 bits per heavy atom. The van der Waals surface area contributed by atoms with Crippen LogP contribution in [-0.4, -0.2) is 52.6 Å². The molecule has 0 aliphatic carbocycles. The van der Waals surface area contributed by atoms with Gasteiger partial charge in [-0.3, -0.25) is 14.7 Å². The molecule has 4 aromatic rings. The van der Waals surface area contributed by atoms with Gasteiger partial charge in [-0.15, -0.1) is 10.2 Å². The third-order valence-electron chi connectivity index (χ3n) is 5.60. The number of hydrogen-bond acceptors (Lipinski definition) is 7. The fourth-order valence-electron chi connectivity index (χ4n) is 3.94. The van der Waals surface area contributed by atoms with Gasteiger partial charge in [0.2, 0.25) is 0 Å². The lowest BCUT2D eigenvalue weighted by Crippen LogP contribution is -2.34. The lowest BCUT2D eigenvalue weighted by Gasteiger charge is -2.30. The van der Waals surface area contributed by atoms with Crippen molar-refractivity contribution in [2.75, 3.05) is 13.1 Å². The van der Waals surface area contributed by atoms with Gasteiger partial charge < -0.3 is 0 Å². The number of hydrogen-bond donors (Lipinski definition) is 0. The molecule has 5 heterocycles. The molecule has 4 aromatic heterocycles. The van der Waals surface area contributed by atoms with Crippen molar-refractivity contribution in [2.45, 2.75) is 25.3 Å². The minimum Gasteiger partial charge on any atom is -0.297 e. The van der Waals surface area contributed by atoms with Crippen molar-refractivity contribution in [1.29, 1.82) is 0 Å². The number of pyridine rings is 1. The molecule has 1 aliphatic heterocycles. The summed E-state index contributed by atoms with van der Waals surface area (Å²) >= 11 is 0. The maximum absolute atomic E-state index is 11.5. The lowest BCUT2D eigenvalue weighted by molar-refractivity contribution is 0.197. The Morgan fingerprint density at radius 2 is 1.90 bits per heavy atom. The van der Waals surface area contributed by atoms with Crippen molar-refractivity contribution in [1.82, 2.24) is 39.5 Å². The first kappa shape index (κ1) is 18.6. The van der Waals surface area contributed by atoms with Gasteiger partial charge in [0.05, 0.1) is 11.4 Å². The van der Waals surface area contributed by atoms with Crippen molar-refractivity contribution < 1.29 is 0 Å². The molecule has 0 aromatic carbocycles. The van der Waals surface area contributed by atoms with Crippen LogP contribution >= 0.6 is 0 Å². The monoisotopic (exact) mass is 402 g/mol. The van der Waals surface area contributed by atoms with E-state index in [-0.39, 0.29) is 5.56 Å². The predicted molar refractivity (Wildman–Crippen MR) is 111 cm³/mol. The number of likely N-dealkylation sites (tertiary alicyclic amines) is 1. The van der Waals surface area contributed by atoms with Gasteiger partial charge in [-0.1, -0.05) is 0 Å². The summed E-state index contributed by atoms with van der Waals surface area (Å²) in [6.07, 6.45) is 5.52. The number of fused-ring (bicyclic) bond motifs is 1. The summed E-state index contributed by atoms with van der Waals surface area (Å²) in [7, 11) is 1.68. The molecule has 9 heteroatoms. The zero-order chi connectivity index (χ0) is 20.5. The fourth-order valence-corrected chi connectivity index (χ4v) is 3.94. The third kappa shape index (κ3) is 3.59. The van der Waals surface area contributed by atoms with E-state index in [1.54, 1.807) is 19.3 Å². The fraction of sp³-hybridized carbons (Fsp3) is 0.333. The minimum atomic E-state index is -0.0886. The Balaban J connectivity index is 1.32. The third-order valence-corrected chi connectivity index (χ3v) is 5.60.